The summed E-state index contributed by atoms with van der Waals surface area (Å²) in [6, 6.07) is 6.37. The fourth-order valence-corrected chi connectivity index (χ4v) is 3.55. The number of likely N-dealkylation sites (tertiary alicyclic amines) is 1. The van der Waals surface area contributed by atoms with Crippen molar-refractivity contribution in [2.75, 3.05) is 19.6 Å². The van der Waals surface area contributed by atoms with Crippen molar-refractivity contribution >= 4 is 13.1 Å². The van der Waals surface area contributed by atoms with E-state index in [4.69, 9.17) is 15.8 Å². The average molecular weight is 379 g/mol. The van der Waals surface area contributed by atoms with Gasteiger partial charge in [0.15, 0.2) is 0 Å². The standard InChI is InChI=1S/C19H31BFN3O3/c21-17-6-4-15(5-7-17)8-12-23-19(25)24-13-9-16(10-14-24)18(22)3-1-2-11-20(26)27/h4-7,16,18,26-27H,1-3,8-14,22H2,(H,23,25). The molecule has 1 fully saturated rings. The molecule has 150 valence electrons. The van der Waals surface area contributed by atoms with Gasteiger partial charge in [-0.05, 0) is 55.6 Å². The number of nitrogens with one attached hydrogen (secondary N) is 1. The summed E-state index contributed by atoms with van der Waals surface area (Å²) in [6.45, 7) is 1.94. The second-order valence-electron chi connectivity index (χ2n) is 7.36. The molecule has 1 aromatic carbocycles. The molecule has 0 aromatic heterocycles. The summed E-state index contributed by atoms with van der Waals surface area (Å²) in [5.74, 6) is 0.155. The highest BCUT2D eigenvalue weighted by Crippen LogP contribution is 2.22. The second-order valence-corrected chi connectivity index (χ2v) is 7.36. The number of amides is 2. The molecule has 27 heavy (non-hydrogen) atoms. The van der Waals surface area contributed by atoms with Crippen LogP contribution in [0.25, 0.3) is 0 Å². The van der Waals surface area contributed by atoms with Gasteiger partial charge in [-0.15, -0.1) is 0 Å². The largest absolute Gasteiger partial charge is 0.451 e. The van der Waals surface area contributed by atoms with Crippen LogP contribution in [0.2, 0.25) is 6.32 Å². The third-order valence-corrected chi connectivity index (χ3v) is 5.29. The third kappa shape index (κ3) is 7.86. The van der Waals surface area contributed by atoms with Gasteiger partial charge >= 0.3 is 13.1 Å². The van der Waals surface area contributed by atoms with Crippen molar-refractivity contribution in [1.29, 1.82) is 0 Å². The summed E-state index contributed by atoms with van der Waals surface area (Å²) in [4.78, 5) is 14.1. The molecule has 1 saturated heterocycles. The molecular formula is C19H31BFN3O3. The molecule has 5 N–H and O–H groups in total. The first-order valence-electron chi connectivity index (χ1n) is 9.84. The van der Waals surface area contributed by atoms with Gasteiger partial charge in [0, 0.05) is 25.7 Å². The first-order chi connectivity index (χ1) is 13.0. The molecule has 1 atom stereocenters. The van der Waals surface area contributed by atoms with Crippen LogP contribution in [0.5, 0.6) is 0 Å². The Hall–Kier alpha value is -1.64. The maximum absolute atomic E-state index is 12.9. The smallest absolute Gasteiger partial charge is 0.427 e. The molecular weight excluding hydrogens is 348 g/mol. The molecule has 1 aromatic rings. The monoisotopic (exact) mass is 379 g/mol. The zero-order chi connectivity index (χ0) is 19.6. The van der Waals surface area contributed by atoms with Gasteiger partial charge in [0.2, 0.25) is 0 Å². The molecule has 1 unspecified atom stereocenters. The van der Waals surface area contributed by atoms with Crippen LogP contribution in [-0.4, -0.2) is 53.8 Å². The Labute approximate surface area is 161 Å². The van der Waals surface area contributed by atoms with Crippen molar-refractivity contribution in [2.24, 2.45) is 11.7 Å². The Kier molecular flexibility index (Phi) is 9.04. The average Bonchev–Trinajstić information content (AvgIpc) is 2.66. The summed E-state index contributed by atoms with van der Waals surface area (Å²) in [7, 11) is -1.23. The van der Waals surface area contributed by atoms with E-state index in [-0.39, 0.29) is 17.9 Å². The van der Waals surface area contributed by atoms with Gasteiger partial charge in [-0.25, -0.2) is 9.18 Å². The number of nitrogens with zero attached hydrogens (tertiary/aromatic N) is 1. The lowest BCUT2D eigenvalue weighted by Gasteiger charge is -2.34. The van der Waals surface area contributed by atoms with Crippen molar-refractivity contribution in [1.82, 2.24) is 10.2 Å². The predicted octanol–water partition coefficient (Wildman–Crippen LogP) is 1.76. The zero-order valence-electron chi connectivity index (χ0n) is 15.8. The number of carbonyl (C=O) groups excluding carboxylic acids is 1. The lowest BCUT2D eigenvalue weighted by molar-refractivity contribution is 0.161. The first-order valence-corrected chi connectivity index (χ1v) is 9.84. The van der Waals surface area contributed by atoms with Gasteiger partial charge in [-0.3, -0.25) is 0 Å². The van der Waals surface area contributed by atoms with Crippen molar-refractivity contribution in [3.63, 3.8) is 0 Å². The number of rotatable bonds is 9. The minimum absolute atomic E-state index is 0.0546. The number of benzene rings is 1. The predicted molar refractivity (Wildman–Crippen MR) is 105 cm³/mol. The molecule has 0 aliphatic carbocycles. The van der Waals surface area contributed by atoms with E-state index in [1.165, 1.54) is 12.1 Å². The summed E-state index contributed by atoms with van der Waals surface area (Å²) in [6.07, 6.45) is 5.40. The molecule has 0 spiro atoms. The van der Waals surface area contributed by atoms with Crippen molar-refractivity contribution in [2.45, 2.75) is 50.9 Å². The number of unbranched alkanes of at least 4 members (excludes halogenated alkanes) is 1. The van der Waals surface area contributed by atoms with Crippen LogP contribution in [0.4, 0.5) is 9.18 Å². The van der Waals surface area contributed by atoms with Gasteiger partial charge in [0.25, 0.3) is 0 Å². The van der Waals surface area contributed by atoms with Crippen molar-refractivity contribution < 1.29 is 19.2 Å². The van der Waals surface area contributed by atoms with Crippen LogP contribution in [0, 0.1) is 11.7 Å². The Morgan fingerprint density at radius 2 is 1.93 bits per heavy atom. The quantitative estimate of drug-likeness (QED) is 0.388. The topological polar surface area (TPSA) is 98.8 Å². The molecule has 6 nitrogen and oxygen atoms in total. The SMILES string of the molecule is NC(CCCCB(O)O)C1CCN(C(=O)NCCc2ccc(F)cc2)CC1. The Morgan fingerprint density at radius 1 is 1.26 bits per heavy atom. The van der Waals surface area contributed by atoms with Crippen LogP contribution < -0.4 is 11.1 Å². The van der Waals surface area contributed by atoms with E-state index in [2.05, 4.69) is 5.32 Å². The van der Waals surface area contributed by atoms with Gasteiger partial charge in [-0.2, -0.15) is 0 Å². The van der Waals surface area contributed by atoms with Crippen molar-refractivity contribution in [3.05, 3.63) is 35.6 Å². The number of hydrogen-bond acceptors (Lipinski definition) is 4. The fourth-order valence-electron chi connectivity index (χ4n) is 3.55. The third-order valence-electron chi connectivity index (χ3n) is 5.29. The van der Waals surface area contributed by atoms with Gasteiger partial charge in [-0.1, -0.05) is 25.0 Å². The normalized spacial score (nSPS) is 16.2. The summed E-state index contributed by atoms with van der Waals surface area (Å²) in [5.41, 5.74) is 7.27. The number of urea groups is 1. The van der Waals surface area contributed by atoms with E-state index < -0.39 is 7.12 Å². The molecule has 2 amide bonds. The molecule has 8 heteroatoms. The van der Waals surface area contributed by atoms with Crippen LogP contribution in [-0.2, 0) is 6.42 Å². The number of carbonyl (C=O) groups is 1. The van der Waals surface area contributed by atoms with Gasteiger partial charge < -0.3 is 26.0 Å². The minimum atomic E-state index is -1.23. The maximum Gasteiger partial charge on any atom is 0.451 e. The maximum atomic E-state index is 12.9. The molecule has 0 radical (unpaired) electrons. The Balaban J connectivity index is 1.61. The van der Waals surface area contributed by atoms with Crippen molar-refractivity contribution in [3.8, 4) is 0 Å². The molecule has 1 heterocycles. The summed E-state index contributed by atoms with van der Waals surface area (Å²) < 4.78 is 12.9. The van der Waals surface area contributed by atoms with E-state index >= 15 is 0 Å². The highest BCUT2D eigenvalue weighted by Gasteiger charge is 2.26. The lowest BCUT2D eigenvalue weighted by atomic mass is 9.82. The Bertz CT molecular complexity index is 566. The zero-order valence-corrected chi connectivity index (χ0v) is 15.8. The summed E-state index contributed by atoms with van der Waals surface area (Å²) >= 11 is 0. The molecule has 0 bridgehead atoms. The lowest BCUT2D eigenvalue weighted by Crippen LogP contribution is -2.47. The fraction of sp³-hybridized carbons (Fsp3) is 0.632. The van der Waals surface area contributed by atoms with Crippen LogP contribution in [0.3, 0.4) is 0 Å². The van der Waals surface area contributed by atoms with E-state index in [9.17, 15) is 9.18 Å². The number of piperidine rings is 1. The molecule has 1 aliphatic rings. The number of nitrogens with two attached hydrogens (primary N) is 1. The summed E-state index contributed by atoms with van der Waals surface area (Å²) in [5, 5.41) is 20.6. The molecule has 1 aliphatic heterocycles. The van der Waals surface area contributed by atoms with Crippen LogP contribution in [0.15, 0.2) is 24.3 Å². The van der Waals surface area contributed by atoms with E-state index in [0.717, 1.165) is 37.7 Å². The Morgan fingerprint density at radius 3 is 2.56 bits per heavy atom. The minimum Gasteiger partial charge on any atom is -0.427 e. The first kappa shape index (κ1) is 21.7. The highest BCUT2D eigenvalue weighted by molar-refractivity contribution is 6.40. The van der Waals surface area contributed by atoms with E-state index in [1.54, 1.807) is 12.1 Å². The van der Waals surface area contributed by atoms with Gasteiger partial charge in [0.05, 0.1) is 0 Å². The van der Waals surface area contributed by atoms with Crippen LogP contribution in [0.1, 0.15) is 37.7 Å². The number of halogens is 1. The number of hydrogen-bond donors (Lipinski definition) is 4. The molecule has 0 saturated carbocycles. The van der Waals surface area contributed by atoms with Crippen LogP contribution >= 0.6 is 0 Å². The highest BCUT2D eigenvalue weighted by atomic mass is 19.1. The van der Waals surface area contributed by atoms with Gasteiger partial charge in [0.1, 0.15) is 5.82 Å². The molecule has 2 rings (SSSR count). The van der Waals surface area contributed by atoms with E-state index in [1.807, 2.05) is 4.90 Å². The van der Waals surface area contributed by atoms with E-state index in [0.29, 0.717) is 38.3 Å². The second kappa shape index (κ2) is 11.3.